The maximum Gasteiger partial charge on any atom is 0.0491 e. The number of allylic oxidation sites excluding steroid dienone is 1. The van der Waals surface area contributed by atoms with Crippen LogP contribution in [-0.2, 0) is 0 Å². The summed E-state index contributed by atoms with van der Waals surface area (Å²) in [6.07, 6.45) is 2.07. The van der Waals surface area contributed by atoms with Crippen LogP contribution in [-0.4, -0.2) is 0 Å². The predicted molar refractivity (Wildman–Crippen MR) is 50.7 cm³/mol. The van der Waals surface area contributed by atoms with Crippen LogP contribution < -0.4 is 5.73 Å². The van der Waals surface area contributed by atoms with E-state index >= 15 is 0 Å². The molecule has 1 atom stereocenters. The highest BCUT2D eigenvalue weighted by molar-refractivity contribution is 7.07. The Balaban J connectivity index is 2.71. The fourth-order valence-electron chi connectivity index (χ4n) is 0.920. The van der Waals surface area contributed by atoms with Crippen LogP contribution in [0.5, 0.6) is 0 Å². The molecule has 1 unspecified atom stereocenters. The molecule has 60 valence electrons. The minimum atomic E-state index is 0.0752. The lowest BCUT2D eigenvalue weighted by Gasteiger charge is -2.03. The Morgan fingerprint density at radius 2 is 2.36 bits per heavy atom. The first-order valence-electron chi connectivity index (χ1n) is 3.63. The Morgan fingerprint density at radius 3 is 2.82 bits per heavy atom. The lowest BCUT2D eigenvalue weighted by molar-refractivity contribution is 0.905. The van der Waals surface area contributed by atoms with Crippen LogP contribution in [0.25, 0.3) is 0 Å². The summed E-state index contributed by atoms with van der Waals surface area (Å²) >= 11 is 1.69. The summed E-state index contributed by atoms with van der Waals surface area (Å²) in [6.45, 7) is 4.12. The summed E-state index contributed by atoms with van der Waals surface area (Å²) in [7, 11) is 0. The first kappa shape index (κ1) is 8.50. The number of hydrogen-bond acceptors (Lipinski definition) is 2. The Morgan fingerprint density at radius 1 is 1.64 bits per heavy atom. The lowest BCUT2D eigenvalue weighted by atomic mass is 10.1. The first-order valence-corrected chi connectivity index (χ1v) is 4.57. The van der Waals surface area contributed by atoms with Gasteiger partial charge >= 0.3 is 0 Å². The van der Waals surface area contributed by atoms with Gasteiger partial charge < -0.3 is 5.73 Å². The molecule has 1 rings (SSSR count). The smallest absolute Gasteiger partial charge is 0.0491 e. The van der Waals surface area contributed by atoms with Crippen molar-refractivity contribution in [2.75, 3.05) is 0 Å². The Kier molecular flexibility index (Phi) is 2.85. The van der Waals surface area contributed by atoms with Crippen LogP contribution in [0.4, 0.5) is 0 Å². The molecule has 2 N–H and O–H groups in total. The monoisotopic (exact) mass is 167 g/mol. The van der Waals surface area contributed by atoms with E-state index < -0.39 is 0 Å². The molecule has 0 aliphatic carbocycles. The molecular weight excluding hydrogens is 154 g/mol. The summed E-state index contributed by atoms with van der Waals surface area (Å²) < 4.78 is 0. The van der Waals surface area contributed by atoms with Crippen molar-refractivity contribution in [2.45, 2.75) is 19.9 Å². The van der Waals surface area contributed by atoms with Gasteiger partial charge in [0, 0.05) is 6.04 Å². The topological polar surface area (TPSA) is 26.0 Å². The summed E-state index contributed by atoms with van der Waals surface area (Å²) in [5.74, 6) is 0. The van der Waals surface area contributed by atoms with Crippen molar-refractivity contribution in [3.8, 4) is 0 Å². The molecule has 0 saturated heterocycles. The van der Waals surface area contributed by atoms with E-state index in [1.165, 1.54) is 11.1 Å². The second kappa shape index (κ2) is 3.69. The van der Waals surface area contributed by atoms with Crippen LogP contribution in [0.15, 0.2) is 28.5 Å². The highest BCUT2D eigenvalue weighted by atomic mass is 32.1. The van der Waals surface area contributed by atoms with Crippen LogP contribution in [0.3, 0.4) is 0 Å². The molecule has 1 aromatic rings. The van der Waals surface area contributed by atoms with E-state index in [0.29, 0.717) is 0 Å². The van der Waals surface area contributed by atoms with Crippen molar-refractivity contribution < 1.29 is 0 Å². The van der Waals surface area contributed by atoms with Crippen LogP contribution in [0.2, 0.25) is 0 Å². The van der Waals surface area contributed by atoms with E-state index in [9.17, 15) is 0 Å². The fourth-order valence-corrected chi connectivity index (χ4v) is 1.63. The number of rotatable bonds is 2. The SMILES string of the molecule is CC(C)=CC(N)c1ccsc1. The second-order valence-electron chi connectivity index (χ2n) is 2.83. The summed E-state index contributed by atoms with van der Waals surface area (Å²) in [5.41, 5.74) is 8.34. The van der Waals surface area contributed by atoms with Crippen molar-refractivity contribution in [1.29, 1.82) is 0 Å². The van der Waals surface area contributed by atoms with Crippen molar-refractivity contribution in [3.05, 3.63) is 34.0 Å². The standard InChI is InChI=1S/C9H13NS/c1-7(2)5-9(10)8-3-4-11-6-8/h3-6,9H,10H2,1-2H3. The van der Waals surface area contributed by atoms with Gasteiger partial charge in [-0.2, -0.15) is 11.3 Å². The molecule has 0 aromatic carbocycles. The Bertz CT molecular complexity index is 232. The van der Waals surface area contributed by atoms with E-state index in [2.05, 4.69) is 31.4 Å². The largest absolute Gasteiger partial charge is 0.321 e. The van der Waals surface area contributed by atoms with Gasteiger partial charge in [-0.15, -0.1) is 0 Å². The van der Waals surface area contributed by atoms with Gasteiger partial charge in [0.2, 0.25) is 0 Å². The van der Waals surface area contributed by atoms with Crippen molar-refractivity contribution in [3.63, 3.8) is 0 Å². The van der Waals surface area contributed by atoms with Crippen molar-refractivity contribution in [1.82, 2.24) is 0 Å². The summed E-state index contributed by atoms with van der Waals surface area (Å²) in [6, 6.07) is 2.14. The van der Waals surface area contributed by atoms with Gasteiger partial charge in [0.25, 0.3) is 0 Å². The molecule has 0 aliphatic rings. The Labute approximate surface area is 71.5 Å². The summed E-state index contributed by atoms with van der Waals surface area (Å²) in [4.78, 5) is 0. The third-order valence-corrected chi connectivity index (χ3v) is 2.14. The molecule has 0 radical (unpaired) electrons. The molecule has 1 heterocycles. The highest BCUT2D eigenvalue weighted by Crippen LogP contribution is 2.15. The Hall–Kier alpha value is -0.600. The van der Waals surface area contributed by atoms with Gasteiger partial charge in [0.1, 0.15) is 0 Å². The molecule has 0 aliphatic heterocycles. The first-order chi connectivity index (χ1) is 5.20. The zero-order chi connectivity index (χ0) is 8.27. The zero-order valence-electron chi connectivity index (χ0n) is 6.87. The van der Waals surface area contributed by atoms with Gasteiger partial charge in [-0.3, -0.25) is 0 Å². The molecule has 1 aromatic heterocycles. The molecule has 11 heavy (non-hydrogen) atoms. The highest BCUT2D eigenvalue weighted by Gasteiger charge is 2.00. The van der Waals surface area contributed by atoms with Gasteiger partial charge in [-0.1, -0.05) is 11.6 Å². The predicted octanol–water partition coefficient (Wildman–Crippen LogP) is 2.71. The zero-order valence-corrected chi connectivity index (χ0v) is 7.69. The number of hydrogen-bond donors (Lipinski definition) is 1. The fraction of sp³-hybridized carbons (Fsp3) is 0.333. The van der Waals surface area contributed by atoms with E-state index in [1.807, 2.05) is 5.38 Å². The van der Waals surface area contributed by atoms with E-state index in [4.69, 9.17) is 5.73 Å². The molecule has 0 saturated carbocycles. The minimum absolute atomic E-state index is 0.0752. The minimum Gasteiger partial charge on any atom is -0.321 e. The maximum absolute atomic E-state index is 5.87. The van der Waals surface area contributed by atoms with Gasteiger partial charge in [-0.05, 0) is 36.2 Å². The van der Waals surface area contributed by atoms with Crippen molar-refractivity contribution >= 4 is 11.3 Å². The third kappa shape index (κ3) is 2.48. The van der Waals surface area contributed by atoms with Gasteiger partial charge in [0.05, 0.1) is 0 Å². The molecule has 0 amide bonds. The second-order valence-corrected chi connectivity index (χ2v) is 3.61. The molecule has 0 bridgehead atoms. The molecule has 1 nitrogen and oxygen atoms in total. The van der Waals surface area contributed by atoms with Gasteiger partial charge in [-0.25, -0.2) is 0 Å². The van der Waals surface area contributed by atoms with Crippen molar-refractivity contribution in [2.24, 2.45) is 5.73 Å². The molecule has 2 heteroatoms. The van der Waals surface area contributed by atoms with Crippen LogP contribution in [0.1, 0.15) is 25.5 Å². The molecular formula is C9H13NS. The number of thiophene rings is 1. The van der Waals surface area contributed by atoms with Crippen LogP contribution in [0, 0.1) is 0 Å². The summed E-state index contributed by atoms with van der Waals surface area (Å²) in [5, 5.41) is 4.14. The van der Waals surface area contributed by atoms with Gasteiger partial charge in [0.15, 0.2) is 0 Å². The average molecular weight is 167 g/mol. The van der Waals surface area contributed by atoms with E-state index in [0.717, 1.165) is 0 Å². The number of nitrogens with two attached hydrogens (primary N) is 1. The van der Waals surface area contributed by atoms with E-state index in [1.54, 1.807) is 11.3 Å². The normalized spacial score (nSPS) is 12.6. The van der Waals surface area contributed by atoms with Crippen LogP contribution >= 0.6 is 11.3 Å². The molecule has 0 spiro atoms. The lowest BCUT2D eigenvalue weighted by Crippen LogP contribution is -2.05. The maximum atomic E-state index is 5.87. The third-order valence-electron chi connectivity index (χ3n) is 1.44. The average Bonchev–Trinajstić information content (AvgIpc) is 2.35. The molecule has 0 fully saturated rings. The van der Waals surface area contributed by atoms with E-state index in [-0.39, 0.29) is 6.04 Å². The quantitative estimate of drug-likeness (QED) is 0.673.